The fraction of sp³-hybridized carbons (Fsp3) is 0.875. The van der Waals surface area contributed by atoms with Crippen LogP contribution in [0.25, 0.3) is 0 Å². The molecule has 0 aromatic heterocycles. The van der Waals surface area contributed by atoms with Crippen LogP contribution in [0.5, 0.6) is 0 Å². The van der Waals surface area contributed by atoms with Crippen molar-refractivity contribution in [3.63, 3.8) is 0 Å². The molecule has 1 aliphatic rings. The van der Waals surface area contributed by atoms with Crippen molar-refractivity contribution in [2.45, 2.75) is 69.9 Å². The van der Waals surface area contributed by atoms with Gasteiger partial charge in [-0.05, 0) is 20.3 Å². The number of carbonyl (C=O) groups excluding carboxylic acids is 2. The van der Waals surface area contributed by atoms with Gasteiger partial charge in [-0.2, -0.15) is 0 Å². The molecule has 0 aromatic rings. The molecule has 0 spiro atoms. The number of methoxy groups -OCH3 is 1. The molecule has 8 heteroatoms. The van der Waals surface area contributed by atoms with E-state index in [9.17, 15) is 9.59 Å². The second-order valence-electron chi connectivity index (χ2n) is 6.65. The maximum atomic E-state index is 12.1. The quantitative estimate of drug-likeness (QED) is 0.469. The van der Waals surface area contributed by atoms with E-state index in [0.29, 0.717) is 13.0 Å². The number of carbonyl (C=O) groups is 2. The molecule has 1 unspecified atom stereocenters. The minimum atomic E-state index is -0.477. The van der Waals surface area contributed by atoms with Gasteiger partial charge in [0, 0.05) is 20.6 Å². The van der Waals surface area contributed by atoms with Crippen LogP contribution < -0.4 is 5.32 Å². The summed E-state index contributed by atoms with van der Waals surface area (Å²) in [5.41, 5.74) is -0.433. The molecule has 138 valence electrons. The molecule has 1 fully saturated rings. The molecule has 7 nitrogen and oxygen atoms in total. The number of hydrogen-bond donors (Lipinski definition) is 1. The lowest BCUT2D eigenvalue weighted by molar-refractivity contribution is -0.161. The lowest BCUT2D eigenvalue weighted by atomic mass is 9.92. The molecule has 1 N–H and O–H groups in total. The summed E-state index contributed by atoms with van der Waals surface area (Å²) in [5.74, 6) is -0.607. The van der Waals surface area contributed by atoms with Gasteiger partial charge in [-0.1, -0.05) is 6.92 Å². The van der Waals surface area contributed by atoms with Crippen molar-refractivity contribution in [1.29, 1.82) is 0 Å². The summed E-state index contributed by atoms with van der Waals surface area (Å²) >= 11 is 0. The van der Waals surface area contributed by atoms with E-state index in [0.717, 1.165) is 0 Å². The Morgan fingerprint density at radius 3 is 2.46 bits per heavy atom. The van der Waals surface area contributed by atoms with Crippen LogP contribution in [0.15, 0.2) is 0 Å². The second kappa shape index (κ2) is 9.39. The smallest absolute Gasteiger partial charge is 0.306 e. The van der Waals surface area contributed by atoms with E-state index in [1.807, 2.05) is 28.6 Å². The molecule has 1 amide bonds. The zero-order valence-corrected chi connectivity index (χ0v) is 15.6. The first-order valence-corrected chi connectivity index (χ1v) is 8.46. The van der Waals surface area contributed by atoms with Crippen molar-refractivity contribution < 1.29 is 28.5 Å². The predicted molar refractivity (Wildman–Crippen MR) is 91.5 cm³/mol. The van der Waals surface area contributed by atoms with Gasteiger partial charge in [-0.3, -0.25) is 9.59 Å². The zero-order chi connectivity index (χ0) is 18.3. The summed E-state index contributed by atoms with van der Waals surface area (Å²) in [6.45, 7) is 6.19. The Balaban J connectivity index is 2.66. The summed E-state index contributed by atoms with van der Waals surface area (Å²) in [6.07, 6.45) is -0.178. The standard InChI is InChI=1S/C16H30BNO6/c1-6-10-13(24-12(20)8-7-11(19)18-4)14(15(17)23-10)22-9-16(2,3)21-5/h10,13-15H,6-9,17H2,1-5H3,(H,18,19)/t10-,13?,14+,15-/m1/s1. The molecular formula is C16H30BNO6. The Morgan fingerprint density at radius 2 is 1.92 bits per heavy atom. The van der Waals surface area contributed by atoms with Gasteiger partial charge in [0.15, 0.2) is 6.10 Å². The highest BCUT2D eigenvalue weighted by molar-refractivity contribution is 6.11. The van der Waals surface area contributed by atoms with Crippen LogP contribution in [0.2, 0.25) is 0 Å². The number of rotatable bonds is 9. The van der Waals surface area contributed by atoms with Gasteiger partial charge in [0.2, 0.25) is 5.91 Å². The van der Waals surface area contributed by atoms with Gasteiger partial charge in [-0.25, -0.2) is 0 Å². The first-order valence-electron chi connectivity index (χ1n) is 8.46. The number of ether oxygens (including phenoxy) is 4. The lowest BCUT2D eigenvalue weighted by Crippen LogP contribution is -2.42. The molecule has 0 radical (unpaired) electrons. The molecule has 1 heterocycles. The third-order valence-corrected chi connectivity index (χ3v) is 4.22. The van der Waals surface area contributed by atoms with Crippen LogP contribution in [0.4, 0.5) is 0 Å². The Labute approximate surface area is 145 Å². The summed E-state index contributed by atoms with van der Waals surface area (Å²) in [4.78, 5) is 23.3. The molecule has 24 heavy (non-hydrogen) atoms. The summed E-state index contributed by atoms with van der Waals surface area (Å²) in [7, 11) is 5.07. The van der Waals surface area contributed by atoms with Gasteiger partial charge in [0.1, 0.15) is 14.0 Å². The normalized spacial score (nSPS) is 27.0. The maximum absolute atomic E-state index is 12.1. The molecular weight excluding hydrogens is 313 g/mol. The first kappa shape index (κ1) is 20.9. The molecule has 0 aliphatic carbocycles. The fourth-order valence-electron chi connectivity index (χ4n) is 2.52. The average Bonchev–Trinajstić information content (AvgIpc) is 2.85. The molecule has 1 saturated heterocycles. The second-order valence-corrected chi connectivity index (χ2v) is 6.65. The van der Waals surface area contributed by atoms with Gasteiger partial charge < -0.3 is 24.3 Å². The average molecular weight is 343 g/mol. The van der Waals surface area contributed by atoms with Crippen LogP contribution >= 0.6 is 0 Å². The first-order chi connectivity index (χ1) is 11.2. The summed E-state index contributed by atoms with van der Waals surface area (Å²) in [5, 5.41) is 2.48. The minimum Gasteiger partial charge on any atom is -0.457 e. The van der Waals surface area contributed by atoms with Crippen LogP contribution in [0, 0.1) is 0 Å². The van der Waals surface area contributed by atoms with Crippen molar-refractivity contribution in [3.05, 3.63) is 0 Å². The van der Waals surface area contributed by atoms with Crippen molar-refractivity contribution in [2.24, 2.45) is 0 Å². The van der Waals surface area contributed by atoms with Crippen molar-refractivity contribution in [2.75, 3.05) is 20.8 Å². The van der Waals surface area contributed by atoms with E-state index in [2.05, 4.69) is 5.32 Å². The van der Waals surface area contributed by atoms with Crippen LogP contribution in [0.1, 0.15) is 40.0 Å². The third-order valence-electron chi connectivity index (χ3n) is 4.22. The van der Waals surface area contributed by atoms with Crippen molar-refractivity contribution in [3.8, 4) is 0 Å². The van der Waals surface area contributed by atoms with Crippen molar-refractivity contribution >= 4 is 19.7 Å². The van der Waals surface area contributed by atoms with E-state index in [-0.39, 0.29) is 37.0 Å². The number of hydrogen-bond acceptors (Lipinski definition) is 6. The van der Waals surface area contributed by atoms with Gasteiger partial charge >= 0.3 is 5.97 Å². The Bertz CT molecular complexity index is 431. The van der Waals surface area contributed by atoms with Crippen LogP contribution in [0.3, 0.4) is 0 Å². The monoisotopic (exact) mass is 343 g/mol. The van der Waals surface area contributed by atoms with E-state index < -0.39 is 17.7 Å². The van der Waals surface area contributed by atoms with E-state index in [1.54, 1.807) is 7.11 Å². The fourth-order valence-corrected chi connectivity index (χ4v) is 2.52. The lowest BCUT2D eigenvalue weighted by Gasteiger charge is -2.28. The molecule has 4 atom stereocenters. The molecule has 0 bridgehead atoms. The Kier molecular flexibility index (Phi) is 8.19. The highest BCUT2D eigenvalue weighted by Gasteiger charge is 2.45. The minimum absolute atomic E-state index is 0.0390. The number of esters is 1. The van der Waals surface area contributed by atoms with E-state index >= 15 is 0 Å². The maximum Gasteiger partial charge on any atom is 0.306 e. The van der Waals surface area contributed by atoms with Gasteiger partial charge in [0.25, 0.3) is 0 Å². The summed E-state index contributed by atoms with van der Waals surface area (Å²) < 4.78 is 22.8. The predicted octanol–water partition coefficient (Wildman–Crippen LogP) is 0.00260. The molecule has 0 aromatic carbocycles. The van der Waals surface area contributed by atoms with Gasteiger partial charge in [-0.15, -0.1) is 0 Å². The number of nitrogens with one attached hydrogen (secondary N) is 1. The molecule has 1 rings (SSSR count). The van der Waals surface area contributed by atoms with E-state index in [1.165, 1.54) is 7.05 Å². The zero-order valence-electron chi connectivity index (χ0n) is 15.6. The summed E-state index contributed by atoms with van der Waals surface area (Å²) in [6, 6.07) is -0.181. The Hall–Kier alpha value is -1.12. The Morgan fingerprint density at radius 1 is 1.25 bits per heavy atom. The third kappa shape index (κ3) is 6.07. The van der Waals surface area contributed by atoms with Gasteiger partial charge in [0.05, 0.1) is 30.7 Å². The molecule has 0 saturated carbocycles. The largest absolute Gasteiger partial charge is 0.457 e. The number of amides is 1. The van der Waals surface area contributed by atoms with Crippen LogP contribution in [-0.2, 0) is 28.5 Å². The SMILES string of the molecule is B[C@@H]1O[C@H](CC)C(OC(=O)CCC(=O)NC)[C@@H]1OCC(C)(C)OC. The highest BCUT2D eigenvalue weighted by atomic mass is 16.6. The molecule has 1 aliphatic heterocycles. The topological polar surface area (TPSA) is 83.1 Å². The van der Waals surface area contributed by atoms with E-state index in [4.69, 9.17) is 18.9 Å². The van der Waals surface area contributed by atoms with Crippen molar-refractivity contribution in [1.82, 2.24) is 5.32 Å². The van der Waals surface area contributed by atoms with Crippen LogP contribution in [-0.4, -0.2) is 70.4 Å². The highest BCUT2D eigenvalue weighted by Crippen LogP contribution is 2.28.